The largest absolute Gasteiger partial charge is 0.336 e. The number of aromatic amines is 1. The van der Waals surface area contributed by atoms with Crippen molar-refractivity contribution in [3.8, 4) is 0 Å². The van der Waals surface area contributed by atoms with Gasteiger partial charge >= 0.3 is 0 Å². The van der Waals surface area contributed by atoms with Gasteiger partial charge in [0.05, 0.1) is 0 Å². The molecule has 0 radical (unpaired) electrons. The van der Waals surface area contributed by atoms with Gasteiger partial charge in [0.1, 0.15) is 5.82 Å². The lowest BCUT2D eigenvalue weighted by Crippen LogP contribution is -2.43. The maximum Gasteiger partial charge on any atom is 0.293 e. The van der Waals surface area contributed by atoms with E-state index in [4.69, 9.17) is 0 Å². The molecule has 5 nitrogen and oxygen atoms in total. The standard InChI is InChI=1S/C16H28N4O/c1-6-16(7-2)8-10-20(11-9-16)13(21)12-17-14(19-18-12)15(3,4)5/h6-11H2,1-5H3,(H,17,18,19). The quantitative estimate of drug-likeness (QED) is 0.931. The van der Waals surface area contributed by atoms with Gasteiger partial charge in [-0.15, -0.1) is 5.10 Å². The van der Waals surface area contributed by atoms with Crippen LogP contribution < -0.4 is 0 Å². The van der Waals surface area contributed by atoms with Crippen LogP contribution in [-0.2, 0) is 5.41 Å². The van der Waals surface area contributed by atoms with Crippen LogP contribution in [0.1, 0.15) is 76.7 Å². The van der Waals surface area contributed by atoms with Crippen molar-refractivity contribution in [3.63, 3.8) is 0 Å². The van der Waals surface area contributed by atoms with Gasteiger partial charge in [-0.25, -0.2) is 4.98 Å². The molecule has 0 bridgehead atoms. The molecule has 118 valence electrons. The van der Waals surface area contributed by atoms with Crippen LogP contribution in [0.4, 0.5) is 0 Å². The molecule has 0 aromatic carbocycles. The fraction of sp³-hybridized carbons (Fsp3) is 0.812. The van der Waals surface area contributed by atoms with Crippen molar-refractivity contribution in [2.24, 2.45) is 5.41 Å². The minimum atomic E-state index is -0.118. The topological polar surface area (TPSA) is 61.9 Å². The Morgan fingerprint density at radius 3 is 2.24 bits per heavy atom. The van der Waals surface area contributed by atoms with Crippen molar-refractivity contribution >= 4 is 5.91 Å². The fourth-order valence-corrected chi connectivity index (χ4v) is 2.98. The van der Waals surface area contributed by atoms with Gasteiger partial charge < -0.3 is 4.90 Å². The minimum absolute atomic E-state index is 0.0393. The summed E-state index contributed by atoms with van der Waals surface area (Å²) in [5, 5.41) is 7.00. The molecule has 2 rings (SSSR count). The molecular formula is C16H28N4O. The summed E-state index contributed by atoms with van der Waals surface area (Å²) in [5.74, 6) is 1.03. The lowest BCUT2D eigenvalue weighted by atomic mass is 9.74. The molecule has 1 aromatic rings. The average Bonchev–Trinajstić information content (AvgIpc) is 2.96. The summed E-state index contributed by atoms with van der Waals surface area (Å²) < 4.78 is 0. The summed E-state index contributed by atoms with van der Waals surface area (Å²) in [6, 6.07) is 0. The molecular weight excluding hydrogens is 264 g/mol. The number of aromatic nitrogens is 3. The van der Waals surface area contributed by atoms with E-state index in [-0.39, 0.29) is 11.3 Å². The number of carbonyl (C=O) groups is 1. The molecule has 0 saturated carbocycles. The van der Waals surface area contributed by atoms with E-state index in [1.165, 1.54) is 12.8 Å². The van der Waals surface area contributed by atoms with Crippen molar-refractivity contribution in [3.05, 3.63) is 11.6 Å². The number of nitrogens with one attached hydrogen (secondary N) is 1. The van der Waals surface area contributed by atoms with E-state index in [0.29, 0.717) is 11.2 Å². The Morgan fingerprint density at radius 1 is 1.24 bits per heavy atom. The van der Waals surface area contributed by atoms with Gasteiger partial charge in [-0.05, 0) is 18.3 Å². The van der Waals surface area contributed by atoms with Gasteiger partial charge in [0.15, 0.2) is 0 Å². The number of hydrogen-bond acceptors (Lipinski definition) is 3. The Balaban J connectivity index is 2.04. The summed E-state index contributed by atoms with van der Waals surface area (Å²) in [6.45, 7) is 12.3. The van der Waals surface area contributed by atoms with Gasteiger partial charge in [-0.3, -0.25) is 9.89 Å². The van der Waals surface area contributed by atoms with Crippen molar-refractivity contribution < 1.29 is 4.79 Å². The molecule has 1 amide bonds. The van der Waals surface area contributed by atoms with Crippen LogP contribution in [0.2, 0.25) is 0 Å². The highest BCUT2D eigenvalue weighted by molar-refractivity contribution is 5.90. The average molecular weight is 292 g/mol. The Hall–Kier alpha value is -1.39. The van der Waals surface area contributed by atoms with Crippen molar-refractivity contribution in [1.82, 2.24) is 20.1 Å². The summed E-state index contributed by atoms with van der Waals surface area (Å²) in [7, 11) is 0. The molecule has 0 atom stereocenters. The maximum atomic E-state index is 12.5. The van der Waals surface area contributed by atoms with Gasteiger partial charge in [-0.1, -0.05) is 47.5 Å². The van der Waals surface area contributed by atoms with Crippen LogP contribution in [0, 0.1) is 5.41 Å². The number of rotatable bonds is 3. The molecule has 5 heteroatoms. The molecule has 0 aliphatic carbocycles. The van der Waals surface area contributed by atoms with E-state index in [9.17, 15) is 4.79 Å². The third-order valence-electron chi connectivity index (χ3n) is 5.00. The first kappa shape index (κ1) is 16.0. The van der Waals surface area contributed by atoms with E-state index in [1.807, 2.05) is 4.90 Å². The zero-order chi connectivity index (χ0) is 15.7. The van der Waals surface area contributed by atoms with Crippen LogP contribution in [0.3, 0.4) is 0 Å². The van der Waals surface area contributed by atoms with Gasteiger partial charge in [0.25, 0.3) is 5.91 Å². The number of carbonyl (C=O) groups excluding carboxylic acids is 1. The van der Waals surface area contributed by atoms with E-state index in [2.05, 4.69) is 49.8 Å². The normalized spacial score (nSPS) is 18.8. The highest BCUT2D eigenvalue weighted by Crippen LogP contribution is 2.38. The molecule has 1 saturated heterocycles. The van der Waals surface area contributed by atoms with Gasteiger partial charge in [-0.2, -0.15) is 0 Å². The summed E-state index contributed by atoms with van der Waals surface area (Å²) in [5.41, 5.74) is 0.305. The SMILES string of the molecule is CCC1(CC)CCN(C(=O)c2n[nH]c(C(C)(C)C)n2)CC1. The second kappa shape index (κ2) is 5.78. The minimum Gasteiger partial charge on any atom is -0.336 e. The van der Waals surface area contributed by atoms with Gasteiger partial charge in [0.2, 0.25) is 5.82 Å². The Morgan fingerprint density at radius 2 is 1.81 bits per heavy atom. The number of nitrogens with zero attached hydrogens (tertiary/aromatic N) is 3. The predicted octanol–water partition coefficient (Wildman–Crippen LogP) is 3.14. The molecule has 1 fully saturated rings. The fourth-order valence-electron chi connectivity index (χ4n) is 2.98. The lowest BCUT2D eigenvalue weighted by molar-refractivity contribution is 0.0547. The lowest BCUT2D eigenvalue weighted by Gasteiger charge is -2.40. The van der Waals surface area contributed by atoms with Crippen molar-refractivity contribution in [1.29, 1.82) is 0 Å². The highest BCUT2D eigenvalue weighted by Gasteiger charge is 2.34. The van der Waals surface area contributed by atoms with E-state index in [0.717, 1.165) is 31.8 Å². The molecule has 21 heavy (non-hydrogen) atoms. The highest BCUT2D eigenvalue weighted by atomic mass is 16.2. The van der Waals surface area contributed by atoms with E-state index in [1.54, 1.807) is 0 Å². The molecule has 1 N–H and O–H groups in total. The van der Waals surface area contributed by atoms with Crippen LogP contribution in [0.25, 0.3) is 0 Å². The van der Waals surface area contributed by atoms with Crippen LogP contribution in [0.15, 0.2) is 0 Å². The van der Waals surface area contributed by atoms with Crippen molar-refractivity contribution in [2.45, 2.75) is 65.7 Å². The smallest absolute Gasteiger partial charge is 0.293 e. The van der Waals surface area contributed by atoms with Crippen LogP contribution in [0.5, 0.6) is 0 Å². The van der Waals surface area contributed by atoms with E-state index < -0.39 is 0 Å². The second-order valence-electron chi connectivity index (χ2n) is 7.26. The molecule has 0 unspecified atom stereocenters. The zero-order valence-electron chi connectivity index (χ0n) is 14.0. The Labute approximate surface area is 127 Å². The number of amides is 1. The second-order valence-corrected chi connectivity index (χ2v) is 7.26. The molecule has 1 aliphatic heterocycles. The molecule has 1 aromatic heterocycles. The number of piperidine rings is 1. The first-order valence-corrected chi connectivity index (χ1v) is 8.03. The maximum absolute atomic E-state index is 12.5. The first-order chi connectivity index (χ1) is 9.81. The number of hydrogen-bond donors (Lipinski definition) is 1. The molecule has 0 spiro atoms. The third kappa shape index (κ3) is 3.27. The third-order valence-corrected chi connectivity index (χ3v) is 5.00. The summed E-state index contributed by atoms with van der Waals surface area (Å²) in [4.78, 5) is 18.8. The first-order valence-electron chi connectivity index (χ1n) is 8.03. The molecule has 2 heterocycles. The summed E-state index contributed by atoms with van der Waals surface area (Å²) >= 11 is 0. The van der Waals surface area contributed by atoms with Gasteiger partial charge in [0, 0.05) is 18.5 Å². The molecule has 1 aliphatic rings. The van der Waals surface area contributed by atoms with E-state index >= 15 is 0 Å². The number of likely N-dealkylation sites (tertiary alicyclic amines) is 1. The Kier molecular flexibility index (Phi) is 4.40. The Bertz CT molecular complexity index is 487. The number of H-pyrrole nitrogens is 1. The summed E-state index contributed by atoms with van der Waals surface area (Å²) in [6.07, 6.45) is 4.56. The predicted molar refractivity (Wildman–Crippen MR) is 83.2 cm³/mol. The van der Waals surface area contributed by atoms with Crippen molar-refractivity contribution in [2.75, 3.05) is 13.1 Å². The zero-order valence-corrected chi connectivity index (χ0v) is 14.0. The van der Waals surface area contributed by atoms with Crippen LogP contribution in [-0.4, -0.2) is 39.1 Å². The van der Waals surface area contributed by atoms with Crippen LogP contribution >= 0.6 is 0 Å². The monoisotopic (exact) mass is 292 g/mol.